The van der Waals surface area contributed by atoms with E-state index < -0.39 is 6.10 Å². The molecule has 60 valence electrons. The van der Waals surface area contributed by atoms with Crippen LogP contribution in [0.15, 0.2) is 12.3 Å². The largest absolute Gasteiger partial charge is 0.375 e. The minimum Gasteiger partial charge on any atom is -0.375 e. The summed E-state index contributed by atoms with van der Waals surface area (Å²) in [4.78, 5) is 10.8. The van der Waals surface area contributed by atoms with Crippen molar-refractivity contribution in [2.45, 2.75) is 26.0 Å². The first-order valence-corrected chi connectivity index (χ1v) is 3.64. The molecule has 1 rings (SSSR count). The summed E-state index contributed by atoms with van der Waals surface area (Å²) in [5.41, 5.74) is 0. The summed E-state index contributed by atoms with van der Waals surface area (Å²) >= 11 is 0. The van der Waals surface area contributed by atoms with Crippen molar-refractivity contribution in [3.05, 3.63) is 12.3 Å². The third-order valence-corrected chi connectivity index (χ3v) is 1.61. The smallest absolute Gasteiger partial charge is 0.200 e. The summed E-state index contributed by atoms with van der Waals surface area (Å²) in [6.07, 6.45) is 3.64. The molecule has 11 heavy (non-hydrogen) atoms. The minimum atomic E-state index is -0.956. The molecule has 0 spiro atoms. The number of rotatable bonds is 1. The number of ketones is 1. The highest BCUT2D eigenvalue weighted by Crippen LogP contribution is 1.97. The van der Waals surface area contributed by atoms with Gasteiger partial charge in [-0.3, -0.25) is 4.79 Å². The van der Waals surface area contributed by atoms with E-state index in [9.17, 15) is 4.79 Å². The second-order valence-corrected chi connectivity index (χ2v) is 2.85. The van der Waals surface area contributed by atoms with Crippen molar-refractivity contribution in [1.29, 1.82) is 0 Å². The molecule has 0 saturated carbocycles. The Labute approximate surface area is 65.7 Å². The minimum absolute atomic E-state index is 0.248. The topological polar surface area (TPSA) is 40.3 Å². The van der Waals surface area contributed by atoms with E-state index in [0.717, 1.165) is 0 Å². The van der Waals surface area contributed by atoms with Gasteiger partial charge in [0.15, 0.2) is 30.3 Å². The van der Waals surface area contributed by atoms with Gasteiger partial charge in [-0.2, -0.15) is 0 Å². The van der Waals surface area contributed by atoms with E-state index in [1.165, 1.54) is 12.3 Å². The Bertz CT molecular complexity index is 228. The fraction of sp³-hybridized carbons (Fsp3) is 0.500. The molecule has 0 amide bonds. The van der Waals surface area contributed by atoms with E-state index in [2.05, 4.69) is 0 Å². The molecule has 1 aliphatic heterocycles. The Kier molecular flexibility index (Phi) is 2.19. The molecule has 3 heteroatoms. The van der Waals surface area contributed by atoms with Crippen LogP contribution in [0.3, 0.4) is 0 Å². The van der Waals surface area contributed by atoms with Crippen molar-refractivity contribution in [3.8, 4) is 0 Å². The zero-order valence-electron chi connectivity index (χ0n) is 6.69. The lowest BCUT2D eigenvalue weighted by Crippen LogP contribution is -2.31. The molecule has 1 heterocycles. The third-order valence-electron chi connectivity index (χ3n) is 1.61. The lowest BCUT2D eigenvalue weighted by atomic mass is 10.2. The highest BCUT2D eigenvalue weighted by atomic mass is 16.3. The zero-order valence-corrected chi connectivity index (χ0v) is 6.69. The lowest BCUT2D eigenvalue weighted by Gasteiger charge is -2.07. The Balaban J connectivity index is 2.80. The number of carbonyl (C=O) groups is 1. The van der Waals surface area contributed by atoms with Gasteiger partial charge in [-0.15, -0.1) is 0 Å². The van der Waals surface area contributed by atoms with Gasteiger partial charge in [-0.05, 0) is 13.8 Å². The van der Waals surface area contributed by atoms with E-state index in [-0.39, 0.29) is 11.8 Å². The van der Waals surface area contributed by atoms with Gasteiger partial charge in [0.25, 0.3) is 0 Å². The number of hydrogen-bond acceptors (Lipinski definition) is 2. The van der Waals surface area contributed by atoms with E-state index >= 15 is 0 Å². The first-order chi connectivity index (χ1) is 5.11. The van der Waals surface area contributed by atoms with E-state index in [1.54, 1.807) is 6.20 Å². The van der Waals surface area contributed by atoms with E-state index in [1.807, 2.05) is 18.4 Å². The molecule has 0 aliphatic carbocycles. The van der Waals surface area contributed by atoms with Gasteiger partial charge < -0.3 is 5.11 Å². The molecule has 0 fully saturated rings. The van der Waals surface area contributed by atoms with Crippen molar-refractivity contribution >= 4 is 12.0 Å². The van der Waals surface area contributed by atoms with Crippen LogP contribution in [0, 0.1) is 0 Å². The first kappa shape index (κ1) is 8.14. The molecule has 3 nitrogen and oxygen atoms in total. The molecule has 0 saturated heterocycles. The number of aliphatic hydroxyl groups excluding tert-OH is 1. The van der Waals surface area contributed by atoms with Crippen molar-refractivity contribution < 1.29 is 14.5 Å². The molecule has 0 radical (unpaired) electrons. The van der Waals surface area contributed by atoms with Gasteiger partial charge in [-0.1, -0.05) is 0 Å². The van der Waals surface area contributed by atoms with Gasteiger partial charge in [0.2, 0.25) is 0 Å². The van der Waals surface area contributed by atoms with Crippen LogP contribution in [0.5, 0.6) is 0 Å². The average Bonchev–Trinajstić information content (AvgIpc) is 1.94. The molecule has 1 N–H and O–H groups in total. The second kappa shape index (κ2) is 2.96. The Hall–Kier alpha value is -0.960. The van der Waals surface area contributed by atoms with Gasteiger partial charge in [0, 0.05) is 6.08 Å². The standard InChI is InChI=1S/C8H12NO2/c1-6(2)9-4-3-7(10)8(11)5-9/h3-6,8,11H,1-2H3/q+1. The molecule has 0 aromatic rings. The molecule has 1 aliphatic rings. The molecule has 0 aromatic heterocycles. The van der Waals surface area contributed by atoms with Crippen LogP contribution < -0.4 is 0 Å². The molecule has 1 atom stereocenters. The molecular formula is C8H12NO2+. The molecule has 1 unspecified atom stereocenters. The summed E-state index contributed by atoms with van der Waals surface area (Å²) in [6, 6.07) is 0.286. The van der Waals surface area contributed by atoms with Gasteiger partial charge in [0.1, 0.15) is 0 Å². The maximum Gasteiger partial charge on any atom is 0.200 e. The fourth-order valence-corrected chi connectivity index (χ4v) is 0.889. The average molecular weight is 154 g/mol. The highest BCUT2D eigenvalue weighted by Gasteiger charge is 2.21. The molecule has 0 bridgehead atoms. The molecule has 0 aromatic carbocycles. The van der Waals surface area contributed by atoms with Crippen LogP contribution in [-0.4, -0.2) is 33.8 Å². The molecular weight excluding hydrogens is 142 g/mol. The first-order valence-electron chi connectivity index (χ1n) is 3.64. The van der Waals surface area contributed by atoms with Crippen LogP contribution in [0.4, 0.5) is 0 Å². The van der Waals surface area contributed by atoms with Crippen molar-refractivity contribution in [2.75, 3.05) is 0 Å². The Morgan fingerprint density at radius 1 is 1.64 bits per heavy atom. The fourth-order valence-electron chi connectivity index (χ4n) is 0.889. The monoisotopic (exact) mass is 154 g/mol. The number of nitrogens with zero attached hydrogens (tertiary/aromatic N) is 1. The zero-order chi connectivity index (χ0) is 8.43. The SMILES string of the molecule is CC(C)[N+]1=CC(O)C(=O)C=C1. The number of carbonyl (C=O) groups excluding carboxylic acids is 1. The lowest BCUT2D eigenvalue weighted by molar-refractivity contribution is -0.489. The van der Waals surface area contributed by atoms with Crippen molar-refractivity contribution in [1.82, 2.24) is 0 Å². The van der Waals surface area contributed by atoms with Gasteiger partial charge in [-0.25, -0.2) is 4.58 Å². The summed E-state index contributed by atoms with van der Waals surface area (Å²) in [5.74, 6) is -0.248. The second-order valence-electron chi connectivity index (χ2n) is 2.85. The summed E-state index contributed by atoms with van der Waals surface area (Å²) in [6.45, 7) is 3.98. The summed E-state index contributed by atoms with van der Waals surface area (Å²) in [7, 11) is 0. The third kappa shape index (κ3) is 1.74. The van der Waals surface area contributed by atoms with Crippen LogP contribution in [-0.2, 0) is 4.79 Å². The van der Waals surface area contributed by atoms with E-state index in [4.69, 9.17) is 5.11 Å². The maximum absolute atomic E-state index is 10.8. The Morgan fingerprint density at radius 2 is 2.27 bits per heavy atom. The van der Waals surface area contributed by atoms with Crippen LogP contribution in [0.2, 0.25) is 0 Å². The van der Waals surface area contributed by atoms with Crippen LogP contribution >= 0.6 is 0 Å². The van der Waals surface area contributed by atoms with Gasteiger partial charge in [0.05, 0.1) is 0 Å². The summed E-state index contributed by atoms with van der Waals surface area (Å²) in [5, 5.41) is 9.10. The predicted octanol–water partition coefficient (Wildman–Crippen LogP) is -0.0646. The quantitative estimate of drug-likeness (QED) is 0.537. The Morgan fingerprint density at radius 3 is 2.73 bits per heavy atom. The van der Waals surface area contributed by atoms with Crippen LogP contribution in [0.25, 0.3) is 0 Å². The van der Waals surface area contributed by atoms with Gasteiger partial charge >= 0.3 is 0 Å². The predicted molar refractivity (Wildman–Crippen MR) is 41.6 cm³/mol. The highest BCUT2D eigenvalue weighted by molar-refractivity contribution is 6.04. The van der Waals surface area contributed by atoms with Crippen LogP contribution in [0.1, 0.15) is 13.8 Å². The number of aliphatic hydroxyl groups is 1. The number of hydrogen-bond donors (Lipinski definition) is 1. The maximum atomic E-state index is 10.8. The van der Waals surface area contributed by atoms with Crippen molar-refractivity contribution in [2.24, 2.45) is 0 Å². The van der Waals surface area contributed by atoms with E-state index in [0.29, 0.717) is 0 Å². The normalized spacial score (nSPS) is 24.2. The summed E-state index contributed by atoms with van der Waals surface area (Å²) < 4.78 is 1.81. The van der Waals surface area contributed by atoms with Crippen molar-refractivity contribution in [3.63, 3.8) is 0 Å².